The first-order valence-electron chi connectivity index (χ1n) is 5.02. The monoisotopic (exact) mass is 181 g/mol. The molecule has 2 unspecified atom stereocenters. The van der Waals surface area contributed by atoms with E-state index in [-0.39, 0.29) is 17.5 Å². The summed E-state index contributed by atoms with van der Waals surface area (Å²) >= 11 is 0. The minimum Gasteiger partial charge on any atom is -0.309 e. The van der Waals surface area contributed by atoms with Gasteiger partial charge in [-0.25, -0.2) is 0 Å². The van der Waals surface area contributed by atoms with Crippen LogP contribution in [0.2, 0.25) is 5.82 Å². The third kappa shape index (κ3) is 3.33. The van der Waals surface area contributed by atoms with Crippen LogP contribution in [0.4, 0.5) is 0 Å². The van der Waals surface area contributed by atoms with Crippen molar-refractivity contribution in [2.24, 2.45) is 11.8 Å². The summed E-state index contributed by atoms with van der Waals surface area (Å²) in [5.74, 6) is 0.644. The minimum atomic E-state index is -0.192. The molecule has 0 heterocycles. The molecule has 0 aromatic heterocycles. The van der Waals surface area contributed by atoms with E-state index in [1.54, 1.807) is 0 Å². The second-order valence-electron chi connectivity index (χ2n) is 4.03. The van der Waals surface area contributed by atoms with Gasteiger partial charge in [0.25, 0.3) is 0 Å². The van der Waals surface area contributed by atoms with E-state index in [0.29, 0.717) is 18.1 Å². The molecule has 74 valence electrons. The average molecular weight is 181 g/mol. The summed E-state index contributed by atoms with van der Waals surface area (Å²) in [6.45, 7) is 7.86. The summed E-state index contributed by atoms with van der Waals surface area (Å²) in [7, 11) is 2.02. The Morgan fingerprint density at radius 1 is 1.38 bits per heavy atom. The molecular formula is C10H20BNO. The van der Waals surface area contributed by atoms with E-state index in [1.165, 1.54) is 0 Å². The van der Waals surface area contributed by atoms with Crippen LogP contribution in [0.1, 0.15) is 34.1 Å². The van der Waals surface area contributed by atoms with Crippen LogP contribution in [0.25, 0.3) is 0 Å². The van der Waals surface area contributed by atoms with Crippen molar-refractivity contribution in [3.05, 3.63) is 0 Å². The Hall–Kier alpha value is -0.595. The Morgan fingerprint density at radius 2 is 1.85 bits per heavy atom. The van der Waals surface area contributed by atoms with Gasteiger partial charge >= 0.3 is 0 Å². The van der Waals surface area contributed by atoms with Crippen LogP contribution >= 0.6 is 0 Å². The first kappa shape index (κ1) is 12.4. The second-order valence-corrected chi connectivity index (χ2v) is 4.03. The van der Waals surface area contributed by atoms with Gasteiger partial charge in [0.2, 0.25) is 0 Å². The normalized spacial score (nSPS) is 15.5. The van der Waals surface area contributed by atoms with Gasteiger partial charge < -0.3 is 5.41 Å². The zero-order valence-corrected chi connectivity index (χ0v) is 9.35. The quantitative estimate of drug-likeness (QED) is 0.509. The van der Waals surface area contributed by atoms with E-state index in [2.05, 4.69) is 13.8 Å². The van der Waals surface area contributed by atoms with Crippen LogP contribution in [0.15, 0.2) is 0 Å². The third-order valence-corrected chi connectivity index (χ3v) is 2.79. The first-order valence-corrected chi connectivity index (χ1v) is 5.02. The van der Waals surface area contributed by atoms with Crippen LogP contribution in [-0.4, -0.2) is 19.3 Å². The molecule has 0 aliphatic rings. The standard InChI is InChI=1S/C10H20BNO/c1-5-8(13)7(4)10(12)9(11)6(2)3/h6-7,9,12H,5,11H2,1-4H3. The van der Waals surface area contributed by atoms with Crippen molar-refractivity contribution in [1.82, 2.24) is 0 Å². The summed E-state index contributed by atoms with van der Waals surface area (Å²) in [6.07, 6.45) is 0.536. The minimum absolute atomic E-state index is 0.178. The van der Waals surface area contributed by atoms with Gasteiger partial charge in [0.1, 0.15) is 13.6 Å². The number of Topliss-reactive ketones (excluding diaryl/α,β-unsaturated/α-hetero) is 1. The highest BCUT2D eigenvalue weighted by molar-refractivity contribution is 6.27. The predicted molar refractivity (Wildman–Crippen MR) is 59.3 cm³/mol. The lowest BCUT2D eigenvalue weighted by Gasteiger charge is -2.21. The Labute approximate surface area is 82.0 Å². The Morgan fingerprint density at radius 3 is 2.15 bits per heavy atom. The largest absolute Gasteiger partial charge is 0.309 e. The van der Waals surface area contributed by atoms with Crippen LogP contribution in [0.3, 0.4) is 0 Å². The van der Waals surface area contributed by atoms with Crippen molar-refractivity contribution < 1.29 is 4.79 Å². The van der Waals surface area contributed by atoms with Crippen LogP contribution in [-0.2, 0) is 4.79 Å². The summed E-state index contributed by atoms with van der Waals surface area (Å²) in [5, 5.41) is 7.84. The molecule has 0 aliphatic heterocycles. The van der Waals surface area contributed by atoms with E-state index >= 15 is 0 Å². The molecule has 0 aromatic carbocycles. The van der Waals surface area contributed by atoms with Crippen molar-refractivity contribution >= 4 is 19.3 Å². The molecule has 0 fully saturated rings. The third-order valence-electron chi connectivity index (χ3n) is 2.79. The smallest absolute Gasteiger partial charge is 0.140 e. The van der Waals surface area contributed by atoms with Crippen molar-refractivity contribution in [2.45, 2.75) is 39.9 Å². The highest BCUT2D eigenvalue weighted by Crippen LogP contribution is 2.20. The highest BCUT2D eigenvalue weighted by atomic mass is 16.1. The van der Waals surface area contributed by atoms with Gasteiger partial charge in [0, 0.05) is 12.1 Å². The van der Waals surface area contributed by atoms with E-state index in [9.17, 15) is 4.79 Å². The molecule has 1 N–H and O–H groups in total. The molecule has 0 amide bonds. The lowest BCUT2D eigenvalue weighted by molar-refractivity contribution is -0.120. The van der Waals surface area contributed by atoms with Gasteiger partial charge in [-0.15, -0.1) is 0 Å². The van der Waals surface area contributed by atoms with Crippen LogP contribution in [0.5, 0.6) is 0 Å². The van der Waals surface area contributed by atoms with E-state index in [4.69, 9.17) is 5.41 Å². The summed E-state index contributed by atoms with van der Waals surface area (Å²) in [6, 6.07) is 0. The molecule has 0 rings (SSSR count). The van der Waals surface area contributed by atoms with Crippen molar-refractivity contribution in [1.29, 1.82) is 5.41 Å². The van der Waals surface area contributed by atoms with E-state index in [1.807, 2.05) is 21.7 Å². The Kier molecular flexibility index (Phi) is 4.96. The summed E-state index contributed by atoms with van der Waals surface area (Å²) in [4.78, 5) is 11.3. The SMILES string of the molecule is BC(C(=N)C(C)C(=O)CC)C(C)C. The molecule has 0 bridgehead atoms. The van der Waals surface area contributed by atoms with Gasteiger partial charge in [0.15, 0.2) is 0 Å². The van der Waals surface area contributed by atoms with Crippen molar-refractivity contribution in [3.8, 4) is 0 Å². The van der Waals surface area contributed by atoms with Crippen LogP contribution < -0.4 is 0 Å². The second kappa shape index (κ2) is 5.20. The maximum Gasteiger partial charge on any atom is 0.140 e. The number of ketones is 1. The van der Waals surface area contributed by atoms with Gasteiger partial charge in [-0.1, -0.05) is 27.7 Å². The first-order chi connectivity index (χ1) is 5.91. The van der Waals surface area contributed by atoms with Gasteiger partial charge in [0.05, 0.1) is 5.92 Å². The zero-order chi connectivity index (χ0) is 10.6. The molecule has 0 spiro atoms. The van der Waals surface area contributed by atoms with Gasteiger partial charge in [-0.05, 0) is 11.7 Å². The van der Waals surface area contributed by atoms with E-state index < -0.39 is 0 Å². The zero-order valence-electron chi connectivity index (χ0n) is 9.35. The summed E-state index contributed by atoms with van der Waals surface area (Å²) < 4.78 is 0. The highest BCUT2D eigenvalue weighted by Gasteiger charge is 2.22. The Balaban J connectivity index is 4.34. The number of rotatable bonds is 5. The molecule has 0 saturated carbocycles. The average Bonchev–Trinajstić information content (AvgIpc) is 2.12. The molecule has 0 radical (unpaired) electrons. The topological polar surface area (TPSA) is 40.9 Å². The van der Waals surface area contributed by atoms with Crippen molar-refractivity contribution in [2.75, 3.05) is 0 Å². The number of nitrogens with one attached hydrogen (secondary N) is 1. The molecule has 0 aliphatic carbocycles. The fourth-order valence-corrected chi connectivity index (χ4v) is 1.23. The molecule has 3 heteroatoms. The van der Waals surface area contributed by atoms with Gasteiger partial charge in [-0.3, -0.25) is 4.79 Å². The maximum absolute atomic E-state index is 11.3. The molecular weight excluding hydrogens is 161 g/mol. The molecule has 13 heavy (non-hydrogen) atoms. The van der Waals surface area contributed by atoms with Gasteiger partial charge in [-0.2, -0.15) is 0 Å². The molecule has 0 saturated heterocycles. The maximum atomic E-state index is 11.3. The predicted octanol–water partition coefficient (Wildman–Crippen LogP) is 1.70. The van der Waals surface area contributed by atoms with E-state index in [0.717, 1.165) is 0 Å². The fourth-order valence-electron chi connectivity index (χ4n) is 1.23. The molecule has 2 nitrogen and oxygen atoms in total. The molecule has 0 aromatic rings. The lowest BCUT2D eigenvalue weighted by Crippen LogP contribution is -2.26. The van der Waals surface area contributed by atoms with Crippen molar-refractivity contribution in [3.63, 3.8) is 0 Å². The molecule has 2 atom stereocenters. The number of hydrogen-bond acceptors (Lipinski definition) is 2. The Bertz CT molecular complexity index is 201. The number of carbonyl (C=O) groups is 1. The van der Waals surface area contributed by atoms with Crippen LogP contribution in [0, 0.1) is 17.2 Å². The number of carbonyl (C=O) groups excluding carboxylic acids is 1. The lowest BCUT2D eigenvalue weighted by atomic mass is 9.71. The fraction of sp³-hybridized carbons (Fsp3) is 0.800. The number of hydrogen-bond donors (Lipinski definition) is 1. The summed E-state index contributed by atoms with van der Waals surface area (Å²) in [5.41, 5.74) is 0.585.